The van der Waals surface area contributed by atoms with E-state index in [0.29, 0.717) is 38.9 Å². The van der Waals surface area contributed by atoms with Crippen LogP contribution in [0.4, 0.5) is 0 Å². The van der Waals surface area contributed by atoms with Crippen molar-refractivity contribution in [3.05, 3.63) is 11.9 Å². The van der Waals surface area contributed by atoms with Crippen molar-refractivity contribution in [2.75, 3.05) is 46.6 Å². The van der Waals surface area contributed by atoms with Crippen LogP contribution in [-0.2, 0) is 20.8 Å². The molecule has 2 fully saturated rings. The highest BCUT2D eigenvalue weighted by atomic mass is 16.5. The second-order valence-electron chi connectivity index (χ2n) is 5.34. The maximum absolute atomic E-state index is 5.99. The lowest BCUT2D eigenvalue weighted by atomic mass is 10.2. The molecule has 1 aromatic heterocycles. The molecular formula is C13H22N6O3. The maximum atomic E-state index is 5.99. The van der Waals surface area contributed by atoms with Crippen molar-refractivity contribution >= 4 is 5.96 Å². The second-order valence-corrected chi connectivity index (χ2v) is 5.34. The van der Waals surface area contributed by atoms with E-state index >= 15 is 0 Å². The summed E-state index contributed by atoms with van der Waals surface area (Å²) in [6.07, 6.45) is 1.89. The van der Waals surface area contributed by atoms with E-state index in [0.717, 1.165) is 18.8 Å². The van der Waals surface area contributed by atoms with Gasteiger partial charge in [0.2, 0.25) is 0 Å². The molecule has 2 aliphatic rings. The molecule has 0 spiro atoms. The number of guanidine groups is 1. The van der Waals surface area contributed by atoms with E-state index in [2.05, 4.69) is 15.3 Å². The maximum Gasteiger partial charge on any atom is 0.191 e. The van der Waals surface area contributed by atoms with Gasteiger partial charge in [0.1, 0.15) is 17.8 Å². The number of hydrogen-bond donors (Lipinski definition) is 1. The number of ether oxygens (including phenoxy) is 3. The van der Waals surface area contributed by atoms with Crippen LogP contribution in [0.1, 0.15) is 11.7 Å². The number of aromatic nitrogens is 3. The summed E-state index contributed by atoms with van der Waals surface area (Å²) < 4.78 is 17.9. The smallest absolute Gasteiger partial charge is 0.191 e. The molecule has 0 radical (unpaired) electrons. The van der Waals surface area contributed by atoms with Gasteiger partial charge in [-0.3, -0.25) is 0 Å². The van der Waals surface area contributed by atoms with Gasteiger partial charge in [-0.2, -0.15) is 0 Å². The van der Waals surface area contributed by atoms with Crippen LogP contribution < -0.4 is 5.73 Å². The number of nitrogens with zero attached hydrogens (tertiary/aromatic N) is 5. The quantitative estimate of drug-likeness (QED) is 0.563. The first-order valence-electron chi connectivity index (χ1n) is 7.42. The SMILES string of the molecule is CO[C@@H]1COC[C@H]1n1cc(CN=C(N)N2CCOCC2)nn1. The number of morpholine rings is 1. The van der Waals surface area contributed by atoms with Gasteiger partial charge in [0, 0.05) is 20.2 Å². The van der Waals surface area contributed by atoms with E-state index < -0.39 is 0 Å². The standard InChI is InChI=1S/C13H22N6O3/c1-20-12-9-22-8-11(12)19-7-10(16-17-19)6-15-13(14)18-2-4-21-5-3-18/h7,11-12H,2-6,8-9H2,1H3,(H2,14,15)/t11-,12-/m1/s1. The zero-order chi connectivity index (χ0) is 15.4. The van der Waals surface area contributed by atoms with Crippen LogP contribution in [-0.4, -0.2) is 78.6 Å². The van der Waals surface area contributed by atoms with E-state index in [9.17, 15) is 0 Å². The molecule has 122 valence electrons. The highest BCUT2D eigenvalue weighted by Gasteiger charge is 2.30. The number of aliphatic imine (C=N–C) groups is 1. The van der Waals surface area contributed by atoms with Gasteiger partial charge in [-0.1, -0.05) is 5.21 Å². The van der Waals surface area contributed by atoms with Crippen LogP contribution in [0, 0.1) is 0 Å². The average molecular weight is 310 g/mol. The van der Waals surface area contributed by atoms with Crippen LogP contribution in [0.15, 0.2) is 11.2 Å². The molecule has 0 aromatic carbocycles. The Balaban J connectivity index is 1.59. The fourth-order valence-corrected chi connectivity index (χ4v) is 2.60. The van der Waals surface area contributed by atoms with Crippen LogP contribution >= 0.6 is 0 Å². The first-order chi connectivity index (χ1) is 10.8. The molecule has 0 aliphatic carbocycles. The first kappa shape index (κ1) is 15.2. The Bertz CT molecular complexity index is 514. The molecule has 3 rings (SSSR count). The van der Waals surface area contributed by atoms with Crippen LogP contribution in [0.5, 0.6) is 0 Å². The second kappa shape index (κ2) is 7.03. The van der Waals surface area contributed by atoms with E-state index in [-0.39, 0.29) is 12.1 Å². The Kier molecular flexibility index (Phi) is 4.86. The van der Waals surface area contributed by atoms with Crippen LogP contribution in [0.2, 0.25) is 0 Å². The lowest BCUT2D eigenvalue weighted by Crippen LogP contribution is -2.44. The molecule has 0 bridgehead atoms. The van der Waals surface area contributed by atoms with Gasteiger partial charge in [-0.05, 0) is 0 Å². The van der Waals surface area contributed by atoms with E-state index in [1.54, 1.807) is 11.8 Å². The van der Waals surface area contributed by atoms with Gasteiger partial charge in [-0.15, -0.1) is 5.10 Å². The lowest BCUT2D eigenvalue weighted by molar-refractivity contribution is 0.0661. The highest BCUT2D eigenvalue weighted by molar-refractivity contribution is 5.78. The highest BCUT2D eigenvalue weighted by Crippen LogP contribution is 2.21. The fourth-order valence-electron chi connectivity index (χ4n) is 2.60. The summed E-state index contributed by atoms with van der Waals surface area (Å²) in [5, 5.41) is 8.29. The molecule has 22 heavy (non-hydrogen) atoms. The fraction of sp³-hybridized carbons (Fsp3) is 0.769. The monoisotopic (exact) mass is 310 g/mol. The summed E-state index contributed by atoms with van der Waals surface area (Å²) in [5.74, 6) is 0.525. The van der Waals surface area contributed by atoms with Crippen molar-refractivity contribution in [1.29, 1.82) is 0 Å². The number of nitrogens with two attached hydrogens (primary N) is 1. The summed E-state index contributed by atoms with van der Waals surface area (Å²) in [6, 6.07) is 0.0619. The van der Waals surface area contributed by atoms with Gasteiger partial charge in [0.05, 0.1) is 39.2 Å². The third kappa shape index (κ3) is 3.37. The minimum absolute atomic E-state index is 0.0106. The van der Waals surface area contributed by atoms with Crippen LogP contribution in [0.25, 0.3) is 0 Å². The topological polar surface area (TPSA) is 100 Å². The van der Waals surface area contributed by atoms with Gasteiger partial charge >= 0.3 is 0 Å². The molecule has 0 saturated carbocycles. The number of rotatable bonds is 4. The third-order valence-corrected chi connectivity index (χ3v) is 3.94. The molecule has 0 amide bonds. The normalized spacial score (nSPS) is 26.6. The molecule has 2 atom stereocenters. The zero-order valence-electron chi connectivity index (χ0n) is 12.7. The third-order valence-electron chi connectivity index (χ3n) is 3.94. The summed E-state index contributed by atoms with van der Waals surface area (Å²) >= 11 is 0. The molecule has 9 nitrogen and oxygen atoms in total. The molecule has 3 heterocycles. The lowest BCUT2D eigenvalue weighted by Gasteiger charge is -2.27. The molecule has 1 aromatic rings. The van der Waals surface area contributed by atoms with Gasteiger partial charge in [0.15, 0.2) is 5.96 Å². The summed E-state index contributed by atoms with van der Waals surface area (Å²) in [4.78, 5) is 6.40. The predicted molar refractivity (Wildman–Crippen MR) is 78.4 cm³/mol. The summed E-state index contributed by atoms with van der Waals surface area (Å²) in [7, 11) is 1.68. The Hall–Kier alpha value is -1.71. The molecular weight excluding hydrogens is 288 g/mol. The van der Waals surface area contributed by atoms with Gasteiger partial charge < -0.3 is 24.8 Å². The van der Waals surface area contributed by atoms with Crippen molar-refractivity contribution in [3.8, 4) is 0 Å². The van der Waals surface area contributed by atoms with E-state index in [1.807, 2.05) is 11.1 Å². The van der Waals surface area contributed by atoms with Crippen molar-refractivity contribution in [2.45, 2.75) is 18.7 Å². The van der Waals surface area contributed by atoms with Gasteiger partial charge in [-0.25, -0.2) is 9.67 Å². The summed E-state index contributed by atoms with van der Waals surface area (Å²) in [6.45, 7) is 4.50. The minimum atomic E-state index is 0.0106. The largest absolute Gasteiger partial charge is 0.378 e. The zero-order valence-corrected chi connectivity index (χ0v) is 12.7. The molecule has 2 saturated heterocycles. The Morgan fingerprint density at radius 2 is 2.23 bits per heavy atom. The van der Waals surface area contributed by atoms with Crippen molar-refractivity contribution in [1.82, 2.24) is 19.9 Å². The van der Waals surface area contributed by atoms with Crippen molar-refractivity contribution in [3.63, 3.8) is 0 Å². The number of methoxy groups -OCH3 is 1. The van der Waals surface area contributed by atoms with Crippen LogP contribution in [0.3, 0.4) is 0 Å². The Morgan fingerprint density at radius 3 is 3.00 bits per heavy atom. The Morgan fingerprint density at radius 1 is 1.41 bits per heavy atom. The summed E-state index contributed by atoms with van der Waals surface area (Å²) in [5.41, 5.74) is 6.77. The number of hydrogen-bond acceptors (Lipinski definition) is 6. The van der Waals surface area contributed by atoms with Gasteiger partial charge in [0.25, 0.3) is 0 Å². The molecule has 2 aliphatic heterocycles. The van der Waals surface area contributed by atoms with Crippen molar-refractivity contribution < 1.29 is 14.2 Å². The van der Waals surface area contributed by atoms with E-state index in [1.165, 1.54) is 0 Å². The van der Waals surface area contributed by atoms with Crippen molar-refractivity contribution in [2.24, 2.45) is 10.7 Å². The molecule has 0 unspecified atom stereocenters. The predicted octanol–water partition coefficient (Wildman–Crippen LogP) is -0.989. The minimum Gasteiger partial charge on any atom is -0.378 e. The molecule has 9 heteroatoms. The average Bonchev–Trinajstić information content (AvgIpc) is 3.21. The van der Waals surface area contributed by atoms with E-state index in [4.69, 9.17) is 19.9 Å². The molecule has 2 N–H and O–H groups in total. The Labute approximate surface area is 129 Å². The first-order valence-corrected chi connectivity index (χ1v) is 7.42.